The Labute approximate surface area is 96.1 Å². The Kier molecular flexibility index (Phi) is 3.40. The Hall–Kier alpha value is -1.56. The Morgan fingerprint density at radius 1 is 1.50 bits per heavy atom. The number of nitriles is 1. The second kappa shape index (κ2) is 4.98. The van der Waals surface area contributed by atoms with E-state index in [0.29, 0.717) is 11.3 Å². The van der Waals surface area contributed by atoms with E-state index < -0.39 is 0 Å². The van der Waals surface area contributed by atoms with Crippen LogP contribution in [0.25, 0.3) is 0 Å². The molecule has 16 heavy (non-hydrogen) atoms. The van der Waals surface area contributed by atoms with E-state index in [4.69, 9.17) is 10.00 Å². The maximum Gasteiger partial charge on any atom is 0.155 e. The molecule has 1 aromatic rings. The first-order chi connectivity index (χ1) is 7.79. The zero-order valence-corrected chi connectivity index (χ0v) is 9.52. The molecule has 0 aromatic carbocycles. The van der Waals surface area contributed by atoms with Gasteiger partial charge in [-0.1, -0.05) is 13.3 Å². The fourth-order valence-corrected chi connectivity index (χ4v) is 2.23. The van der Waals surface area contributed by atoms with Crippen LogP contribution in [0.2, 0.25) is 0 Å². The normalized spacial score (nSPS) is 24.8. The first-order valence-electron chi connectivity index (χ1n) is 5.80. The van der Waals surface area contributed by atoms with Crippen molar-refractivity contribution in [3.63, 3.8) is 0 Å². The van der Waals surface area contributed by atoms with Gasteiger partial charge in [-0.05, 0) is 31.2 Å². The largest absolute Gasteiger partial charge is 0.487 e. The molecule has 2 atom stereocenters. The summed E-state index contributed by atoms with van der Waals surface area (Å²) in [5.41, 5.74) is 0.577. The summed E-state index contributed by atoms with van der Waals surface area (Å²) in [6.07, 6.45) is 8.18. The molecule has 2 unspecified atom stereocenters. The fraction of sp³-hybridized carbons (Fsp3) is 0.538. The van der Waals surface area contributed by atoms with E-state index in [1.807, 2.05) is 0 Å². The summed E-state index contributed by atoms with van der Waals surface area (Å²) in [5.74, 6) is 1.35. The maximum atomic E-state index is 8.94. The van der Waals surface area contributed by atoms with Gasteiger partial charge in [0.25, 0.3) is 0 Å². The standard InChI is InChI=1S/C13H16N2O/c1-10-3-2-4-12(7-10)16-13-9-15-6-5-11(13)8-14/h5-6,9-10,12H,2-4,7H2,1H3. The highest BCUT2D eigenvalue weighted by Crippen LogP contribution is 2.28. The molecule has 0 N–H and O–H groups in total. The molecule has 84 valence electrons. The molecule has 0 aliphatic heterocycles. The molecule has 0 saturated heterocycles. The van der Waals surface area contributed by atoms with Gasteiger partial charge in [-0.2, -0.15) is 5.26 Å². The SMILES string of the molecule is CC1CCCC(Oc2cnccc2C#N)C1. The van der Waals surface area contributed by atoms with Crippen molar-refractivity contribution >= 4 is 0 Å². The third-order valence-electron chi connectivity index (χ3n) is 3.09. The summed E-state index contributed by atoms with van der Waals surface area (Å²) < 4.78 is 5.86. The van der Waals surface area contributed by atoms with E-state index in [1.165, 1.54) is 12.8 Å². The van der Waals surface area contributed by atoms with Crippen molar-refractivity contribution in [2.45, 2.75) is 38.7 Å². The van der Waals surface area contributed by atoms with Crippen molar-refractivity contribution < 1.29 is 4.74 Å². The van der Waals surface area contributed by atoms with Crippen LogP contribution in [-0.2, 0) is 0 Å². The molecular weight excluding hydrogens is 200 g/mol. The minimum Gasteiger partial charge on any atom is -0.487 e. The average Bonchev–Trinajstić information content (AvgIpc) is 2.30. The third kappa shape index (κ3) is 2.52. The Balaban J connectivity index is 2.06. The summed E-state index contributed by atoms with van der Waals surface area (Å²) in [4.78, 5) is 4.00. The highest BCUT2D eigenvalue weighted by atomic mass is 16.5. The van der Waals surface area contributed by atoms with Crippen molar-refractivity contribution in [1.29, 1.82) is 5.26 Å². The van der Waals surface area contributed by atoms with Gasteiger partial charge in [0.2, 0.25) is 0 Å². The molecule has 3 heteroatoms. The molecular formula is C13H16N2O. The second-order valence-electron chi connectivity index (χ2n) is 4.50. The molecule has 1 heterocycles. The molecule has 1 aromatic heterocycles. The van der Waals surface area contributed by atoms with Gasteiger partial charge in [0.15, 0.2) is 5.75 Å². The van der Waals surface area contributed by atoms with Gasteiger partial charge < -0.3 is 4.74 Å². The van der Waals surface area contributed by atoms with Crippen molar-refractivity contribution in [1.82, 2.24) is 4.98 Å². The lowest BCUT2D eigenvalue weighted by atomic mass is 9.89. The minimum absolute atomic E-state index is 0.250. The zero-order valence-electron chi connectivity index (χ0n) is 9.52. The summed E-state index contributed by atoms with van der Waals surface area (Å²) >= 11 is 0. The maximum absolute atomic E-state index is 8.94. The molecule has 0 bridgehead atoms. The predicted molar refractivity (Wildman–Crippen MR) is 61.0 cm³/mol. The van der Waals surface area contributed by atoms with Crippen LogP contribution in [0.3, 0.4) is 0 Å². The lowest BCUT2D eigenvalue weighted by Gasteiger charge is -2.27. The smallest absolute Gasteiger partial charge is 0.155 e. The summed E-state index contributed by atoms with van der Waals surface area (Å²) in [6.45, 7) is 2.25. The van der Waals surface area contributed by atoms with Crippen LogP contribution >= 0.6 is 0 Å². The van der Waals surface area contributed by atoms with Crippen LogP contribution in [0.15, 0.2) is 18.5 Å². The number of ether oxygens (including phenoxy) is 1. The van der Waals surface area contributed by atoms with Crippen molar-refractivity contribution in [2.24, 2.45) is 5.92 Å². The Bertz CT molecular complexity index is 397. The van der Waals surface area contributed by atoms with E-state index in [9.17, 15) is 0 Å². The van der Waals surface area contributed by atoms with Gasteiger partial charge in [-0.3, -0.25) is 4.98 Å². The molecule has 1 fully saturated rings. The van der Waals surface area contributed by atoms with Crippen LogP contribution in [0.4, 0.5) is 0 Å². The number of rotatable bonds is 2. The molecule has 1 saturated carbocycles. The van der Waals surface area contributed by atoms with E-state index in [0.717, 1.165) is 18.8 Å². The van der Waals surface area contributed by atoms with Gasteiger partial charge in [-0.25, -0.2) is 0 Å². The van der Waals surface area contributed by atoms with Gasteiger partial charge in [-0.15, -0.1) is 0 Å². The predicted octanol–water partition coefficient (Wildman–Crippen LogP) is 2.91. The molecule has 0 spiro atoms. The lowest BCUT2D eigenvalue weighted by Crippen LogP contribution is -2.24. The van der Waals surface area contributed by atoms with Crippen LogP contribution in [-0.4, -0.2) is 11.1 Å². The van der Waals surface area contributed by atoms with Crippen LogP contribution in [0.1, 0.15) is 38.2 Å². The van der Waals surface area contributed by atoms with Gasteiger partial charge >= 0.3 is 0 Å². The second-order valence-corrected chi connectivity index (χ2v) is 4.50. The van der Waals surface area contributed by atoms with Crippen molar-refractivity contribution in [3.05, 3.63) is 24.0 Å². The van der Waals surface area contributed by atoms with Crippen molar-refractivity contribution in [3.8, 4) is 11.8 Å². The van der Waals surface area contributed by atoms with E-state index in [1.54, 1.807) is 18.5 Å². The average molecular weight is 216 g/mol. The third-order valence-corrected chi connectivity index (χ3v) is 3.09. The number of pyridine rings is 1. The quantitative estimate of drug-likeness (QED) is 0.763. The highest BCUT2D eigenvalue weighted by Gasteiger charge is 2.21. The van der Waals surface area contributed by atoms with Crippen LogP contribution < -0.4 is 4.74 Å². The molecule has 2 rings (SSSR count). The topological polar surface area (TPSA) is 45.9 Å². The number of nitrogens with zero attached hydrogens (tertiary/aromatic N) is 2. The molecule has 1 aliphatic carbocycles. The van der Waals surface area contributed by atoms with E-state index >= 15 is 0 Å². The van der Waals surface area contributed by atoms with Gasteiger partial charge in [0.05, 0.1) is 17.9 Å². The number of hydrogen-bond acceptors (Lipinski definition) is 3. The fourth-order valence-electron chi connectivity index (χ4n) is 2.23. The summed E-state index contributed by atoms with van der Waals surface area (Å²) in [5, 5.41) is 8.94. The first-order valence-corrected chi connectivity index (χ1v) is 5.80. The Morgan fingerprint density at radius 3 is 3.12 bits per heavy atom. The highest BCUT2D eigenvalue weighted by molar-refractivity contribution is 5.40. The van der Waals surface area contributed by atoms with Crippen LogP contribution in [0.5, 0.6) is 5.75 Å². The van der Waals surface area contributed by atoms with Gasteiger partial charge in [0, 0.05) is 6.20 Å². The van der Waals surface area contributed by atoms with Crippen molar-refractivity contribution in [2.75, 3.05) is 0 Å². The molecule has 1 aliphatic rings. The minimum atomic E-state index is 0.250. The lowest BCUT2D eigenvalue weighted by molar-refractivity contribution is 0.128. The summed E-state index contributed by atoms with van der Waals surface area (Å²) in [6, 6.07) is 3.83. The van der Waals surface area contributed by atoms with E-state index in [-0.39, 0.29) is 6.10 Å². The molecule has 3 nitrogen and oxygen atoms in total. The molecule has 0 amide bonds. The first kappa shape index (κ1) is 10.9. The Morgan fingerprint density at radius 2 is 2.38 bits per heavy atom. The zero-order chi connectivity index (χ0) is 11.4. The van der Waals surface area contributed by atoms with Crippen LogP contribution in [0, 0.1) is 17.2 Å². The van der Waals surface area contributed by atoms with E-state index in [2.05, 4.69) is 18.0 Å². The number of aromatic nitrogens is 1. The molecule has 0 radical (unpaired) electrons. The summed E-state index contributed by atoms with van der Waals surface area (Å²) in [7, 11) is 0. The van der Waals surface area contributed by atoms with Gasteiger partial charge in [0.1, 0.15) is 6.07 Å². The number of hydrogen-bond donors (Lipinski definition) is 0. The monoisotopic (exact) mass is 216 g/mol.